The van der Waals surface area contributed by atoms with Crippen molar-refractivity contribution < 1.29 is 19.1 Å². The predicted molar refractivity (Wildman–Crippen MR) is 113 cm³/mol. The van der Waals surface area contributed by atoms with Gasteiger partial charge in [0, 0.05) is 31.1 Å². The Balaban J connectivity index is 1.59. The average Bonchev–Trinajstić information content (AvgIpc) is 3.50. The summed E-state index contributed by atoms with van der Waals surface area (Å²) in [7, 11) is 3.01. The molecule has 2 heterocycles. The summed E-state index contributed by atoms with van der Waals surface area (Å²) in [6, 6.07) is 13.0. The molecule has 158 valence electrons. The number of nitrogens with one attached hydrogen (secondary N) is 2. The van der Waals surface area contributed by atoms with Gasteiger partial charge in [0.1, 0.15) is 5.75 Å². The highest BCUT2D eigenvalue weighted by Gasteiger charge is 2.32. The van der Waals surface area contributed by atoms with Gasteiger partial charge in [-0.3, -0.25) is 15.6 Å². The smallest absolute Gasteiger partial charge is 0.337 e. The number of rotatable bonds is 5. The SMILES string of the molecule is COC(=O)c1cccc([C@H]2CCCN2C(=O)c2ccc(C3CNNC3)c(OC)c2)c1. The fourth-order valence-electron chi connectivity index (χ4n) is 4.38. The van der Waals surface area contributed by atoms with Crippen LogP contribution in [-0.4, -0.2) is 50.6 Å². The van der Waals surface area contributed by atoms with E-state index in [1.807, 2.05) is 41.3 Å². The highest BCUT2D eigenvalue weighted by molar-refractivity contribution is 5.95. The first-order valence-electron chi connectivity index (χ1n) is 10.2. The van der Waals surface area contributed by atoms with E-state index < -0.39 is 0 Å². The fourth-order valence-corrected chi connectivity index (χ4v) is 4.38. The second-order valence-electron chi connectivity index (χ2n) is 7.69. The van der Waals surface area contributed by atoms with Crippen molar-refractivity contribution in [3.8, 4) is 5.75 Å². The molecule has 0 radical (unpaired) electrons. The Morgan fingerprint density at radius 3 is 2.57 bits per heavy atom. The lowest BCUT2D eigenvalue weighted by Crippen LogP contribution is -2.30. The van der Waals surface area contributed by atoms with Crippen LogP contribution in [0.4, 0.5) is 0 Å². The second-order valence-corrected chi connectivity index (χ2v) is 7.69. The van der Waals surface area contributed by atoms with E-state index in [0.717, 1.165) is 42.8 Å². The van der Waals surface area contributed by atoms with Gasteiger partial charge in [0.15, 0.2) is 0 Å². The molecule has 2 aliphatic rings. The molecule has 7 heteroatoms. The Morgan fingerprint density at radius 1 is 1.03 bits per heavy atom. The van der Waals surface area contributed by atoms with E-state index in [9.17, 15) is 9.59 Å². The first kappa shape index (κ1) is 20.4. The number of esters is 1. The van der Waals surface area contributed by atoms with Gasteiger partial charge < -0.3 is 14.4 Å². The van der Waals surface area contributed by atoms with Crippen LogP contribution in [0.2, 0.25) is 0 Å². The van der Waals surface area contributed by atoms with Gasteiger partial charge >= 0.3 is 5.97 Å². The van der Waals surface area contributed by atoms with Crippen molar-refractivity contribution in [2.75, 3.05) is 33.9 Å². The largest absolute Gasteiger partial charge is 0.496 e. The van der Waals surface area contributed by atoms with E-state index >= 15 is 0 Å². The molecular formula is C23H27N3O4. The van der Waals surface area contributed by atoms with Crippen molar-refractivity contribution in [1.29, 1.82) is 0 Å². The van der Waals surface area contributed by atoms with Gasteiger partial charge in [-0.05, 0) is 48.2 Å². The number of amides is 1. The monoisotopic (exact) mass is 409 g/mol. The van der Waals surface area contributed by atoms with Crippen LogP contribution in [0.25, 0.3) is 0 Å². The van der Waals surface area contributed by atoms with Gasteiger partial charge in [-0.2, -0.15) is 0 Å². The predicted octanol–water partition coefficient (Wildman–Crippen LogP) is 2.65. The van der Waals surface area contributed by atoms with Gasteiger partial charge in [0.2, 0.25) is 0 Å². The Hall–Kier alpha value is -2.90. The highest BCUT2D eigenvalue weighted by atomic mass is 16.5. The summed E-state index contributed by atoms with van der Waals surface area (Å²) < 4.78 is 10.4. The van der Waals surface area contributed by atoms with Crippen LogP contribution in [0.1, 0.15) is 56.6 Å². The van der Waals surface area contributed by atoms with Crippen LogP contribution >= 0.6 is 0 Å². The summed E-state index contributed by atoms with van der Waals surface area (Å²) >= 11 is 0. The number of carbonyl (C=O) groups excluding carboxylic acids is 2. The molecule has 2 N–H and O–H groups in total. The summed E-state index contributed by atoms with van der Waals surface area (Å²) in [5.74, 6) is 0.655. The molecule has 2 saturated heterocycles. The van der Waals surface area contributed by atoms with Crippen molar-refractivity contribution in [3.05, 3.63) is 64.7 Å². The van der Waals surface area contributed by atoms with E-state index in [4.69, 9.17) is 9.47 Å². The van der Waals surface area contributed by atoms with Crippen molar-refractivity contribution in [1.82, 2.24) is 15.8 Å². The molecule has 0 aromatic heterocycles. The molecule has 2 fully saturated rings. The summed E-state index contributed by atoms with van der Waals surface area (Å²) in [6.45, 7) is 2.34. The third-order valence-electron chi connectivity index (χ3n) is 5.95. The van der Waals surface area contributed by atoms with Gasteiger partial charge in [0.05, 0.1) is 25.8 Å². The molecule has 4 rings (SSSR count). The standard InChI is InChI=1S/C23H27N3O4/c1-29-21-12-16(8-9-19(21)18-13-24-25-14-18)22(27)26-10-4-7-20(26)15-5-3-6-17(11-15)23(28)30-2/h3,5-6,8-9,11-12,18,20,24-25H,4,7,10,13-14H2,1-2H3/t20-/m1/s1. The molecule has 7 nitrogen and oxygen atoms in total. The first-order chi connectivity index (χ1) is 14.6. The number of hydrogen-bond acceptors (Lipinski definition) is 6. The zero-order chi connectivity index (χ0) is 21.1. The maximum Gasteiger partial charge on any atom is 0.337 e. The minimum atomic E-state index is -0.371. The third kappa shape index (κ3) is 3.91. The maximum absolute atomic E-state index is 13.4. The number of hydrazine groups is 1. The number of benzene rings is 2. The van der Waals surface area contributed by atoms with Crippen LogP contribution < -0.4 is 15.6 Å². The Morgan fingerprint density at radius 2 is 1.83 bits per heavy atom. The normalized spacial score (nSPS) is 19.1. The van der Waals surface area contributed by atoms with E-state index in [-0.39, 0.29) is 17.9 Å². The number of methoxy groups -OCH3 is 2. The number of carbonyl (C=O) groups is 2. The Labute approximate surface area is 176 Å². The minimum absolute atomic E-state index is 0.0199. The summed E-state index contributed by atoms with van der Waals surface area (Å²) in [6.07, 6.45) is 1.79. The molecule has 1 amide bonds. The zero-order valence-corrected chi connectivity index (χ0v) is 17.3. The van der Waals surface area contributed by atoms with E-state index in [1.54, 1.807) is 13.2 Å². The average molecular weight is 409 g/mol. The molecular weight excluding hydrogens is 382 g/mol. The van der Waals surface area contributed by atoms with E-state index in [2.05, 4.69) is 10.9 Å². The molecule has 0 aliphatic carbocycles. The zero-order valence-electron chi connectivity index (χ0n) is 17.3. The Bertz CT molecular complexity index is 940. The van der Waals surface area contributed by atoms with Crippen LogP contribution in [0.3, 0.4) is 0 Å². The molecule has 0 saturated carbocycles. The summed E-state index contributed by atoms with van der Waals surface area (Å²) in [5, 5.41) is 0. The minimum Gasteiger partial charge on any atom is -0.496 e. The molecule has 0 bridgehead atoms. The molecule has 1 atom stereocenters. The van der Waals surface area contributed by atoms with Crippen molar-refractivity contribution in [3.63, 3.8) is 0 Å². The van der Waals surface area contributed by atoms with Crippen LogP contribution in [0.15, 0.2) is 42.5 Å². The van der Waals surface area contributed by atoms with Gasteiger partial charge in [0.25, 0.3) is 5.91 Å². The van der Waals surface area contributed by atoms with Crippen LogP contribution in [-0.2, 0) is 4.74 Å². The Kier molecular flexibility index (Phi) is 6.01. The molecule has 2 aromatic carbocycles. The molecule has 30 heavy (non-hydrogen) atoms. The number of ether oxygens (including phenoxy) is 2. The van der Waals surface area contributed by atoms with Gasteiger partial charge in [-0.15, -0.1) is 0 Å². The maximum atomic E-state index is 13.4. The number of likely N-dealkylation sites (tertiary alicyclic amines) is 1. The van der Waals surface area contributed by atoms with E-state index in [0.29, 0.717) is 23.6 Å². The van der Waals surface area contributed by atoms with Gasteiger partial charge in [-0.25, -0.2) is 4.79 Å². The van der Waals surface area contributed by atoms with Gasteiger partial charge in [-0.1, -0.05) is 18.2 Å². The molecule has 2 aliphatic heterocycles. The third-order valence-corrected chi connectivity index (χ3v) is 5.95. The quantitative estimate of drug-likeness (QED) is 0.739. The second kappa shape index (κ2) is 8.85. The molecule has 0 unspecified atom stereocenters. The van der Waals surface area contributed by atoms with Crippen molar-refractivity contribution >= 4 is 11.9 Å². The highest BCUT2D eigenvalue weighted by Crippen LogP contribution is 2.35. The van der Waals surface area contributed by atoms with E-state index in [1.165, 1.54) is 7.11 Å². The topological polar surface area (TPSA) is 79.9 Å². The van der Waals surface area contributed by atoms with Crippen LogP contribution in [0, 0.1) is 0 Å². The molecule has 2 aromatic rings. The number of nitrogens with zero attached hydrogens (tertiary/aromatic N) is 1. The summed E-state index contributed by atoms with van der Waals surface area (Å²) in [4.78, 5) is 27.2. The lowest BCUT2D eigenvalue weighted by molar-refractivity contribution is 0.0600. The van der Waals surface area contributed by atoms with Crippen molar-refractivity contribution in [2.45, 2.75) is 24.8 Å². The summed E-state index contributed by atoms with van der Waals surface area (Å²) in [5.41, 5.74) is 9.42. The molecule has 0 spiro atoms. The lowest BCUT2D eigenvalue weighted by Gasteiger charge is -2.26. The first-order valence-corrected chi connectivity index (χ1v) is 10.2. The fraction of sp³-hybridized carbons (Fsp3) is 0.391. The van der Waals surface area contributed by atoms with Crippen molar-refractivity contribution in [2.24, 2.45) is 0 Å². The lowest BCUT2D eigenvalue weighted by atomic mass is 9.97. The number of hydrogen-bond donors (Lipinski definition) is 2. The van der Waals surface area contributed by atoms with Crippen LogP contribution in [0.5, 0.6) is 5.75 Å².